The SMILES string of the molecule is CO.Nc1ccccc1Cl. The largest absolute Gasteiger partial charge is 0.400 e. The molecule has 0 radical (unpaired) electrons. The summed E-state index contributed by atoms with van der Waals surface area (Å²) in [6, 6.07) is 7.22. The van der Waals surface area contributed by atoms with Gasteiger partial charge in [-0.05, 0) is 12.1 Å². The van der Waals surface area contributed by atoms with Gasteiger partial charge in [0, 0.05) is 7.11 Å². The number of aliphatic hydroxyl groups excluding tert-OH is 1. The van der Waals surface area contributed by atoms with Gasteiger partial charge in [-0.25, -0.2) is 0 Å². The normalized spacial score (nSPS) is 7.90. The van der Waals surface area contributed by atoms with Gasteiger partial charge >= 0.3 is 0 Å². The van der Waals surface area contributed by atoms with E-state index < -0.39 is 0 Å². The maximum Gasteiger partial charge on any atom is 0.0635 e. The first-order chi connectivity index (χ1) is 4.80. The average molecular weight is 160 g/mol. The van der Waals surface area contributed by atoms with Crippen LogP contribution in [0, 0.1) is 0 Å². The first-order valence-corrected chi connectivity index (χ1v) is 3.13. The average Bonchev–Trinajstić information content (AvgIpc) is 2.00. The van der Waals surface area contributed by atoms with Gasteiger partial charge in [-0.2, -0.15) is 0 Å². The van der Waals surface area contributed by atoms with E-state index in [-0.39, 0.29) is 0 Å². The summed E-state index contributed by atoms with van der Waals surface area (Å²) < 4.78 is 0. The van der Waals surface area contributed by atoms with E-state index >= 15 is 0 Å². The van der Waals surface area contributed by atoms with E-state index in [0.717, 1.165) is 7.11 Å². The van der Waals surface area contributed by atoms with Crippen LogP contribution in [0.2, 0.25) is 5.02 Å². The number of anilines is 1. The van der Waals surface area contributed by atoms with Crippen LogP contribution in [0.1, 0.15) is 0 Å². The number of halogens is 1. The fourth-order valence-electron chi connectivity index (χ4n) is 0.475. The summed E-state index contributed by atoms with van der Waals surface area (Å²) >= 11 is 5.58. The Labute approximate surface area is 65.2 Å². The van der Waals surface area contributed by atoms with Crippen molar-refractivity contribution in [2.24, 2.45) is 0 Å². The second kappa shape index (κ2) is 5.09. The quantitative estimate of drug-likeness (QED) is 0.564. The lowest BCUT2D eigenvalue weighted by Crippen LogP contribution is -1.82. The molecule has 0 saturated heterocycles. The molecule has 0 aromatic heterocycles. The van der Waals surface area contributed by atoms with Crippen molar-refractivity contribution in [3.8, 4) is 0 Å². The van der Waals surface area contributed by atoms with E-state index in [1.807, 2.05) is 12.1 Å². The summed E-state index contributed by atoms with van der Waals surface area (Å²) in [5.74, 6) is 0. The second-order valence-electron chi connectivity index (χ2n) is 1.52. The van der Waals surface area contributed by atoms with E-state index in [4.69, 9.17) is 22.4 Å². The maximum absolute atomic E-state index is 7.00. The molecule has 1 rings (SSSR count). The molecule has 10 heavy (non-hydrogen) atoms. The van der Waals surface area contributed by atoms with E-state index in [9.17, 15) is 0 Å². The lowest BCUT2D eigenvalue weighted by atomic mass is 10.3. The fourth-order valence-corrected chi connectivity index (χ4v) is 0.611. The van der Waals surface area contributed by atoms with Crippen molar-refractivity contribution in [1.82, 2.24) is 0 Å². The van der Waals surface area contributed by atoms with E-state index in [1.165, 1.54) is 0 Å². The van der Waals surface area contributed by atoms with E-state index in [1.54, 1.807) is 12.1 Å². The molecule has 0 spiro atoms. The molecule has 0 amide bonds. The highest BCUT2D eigenvalue weighted by atomic mass is 35.5. The summed E-state index contributed by atoms with van der Waals surface area (Å²) in [6.07, 6.45) is 0. The highest BCUT2D eigenvalue weighted by Crippen LogP contribution is 2.15. The van der Waals surface area contributed by atoms with Gasteiger partial charge in [0.05, 0.1) is 10.7 Å². The van der Waals surface area contributed by atoms with Crippen LogP contribution in [-0.4, -0.2) is 12.2 Å². The van der Waals surface area contributed by atoms with Gasteiger partial charge in [0.25, 0.3) is 0 Å². The number of hydrogen-bond donors (Lipinski definition) is 2. The molecule has 1 aromatic carbocycles. The van der Waals surface area contributed by atoms with Crippen molar-refractivity contribution in [1.29, 1.82) is 0 Å². The minimum absolute atomic E-state index is 0.618. The van der Waals surface area contributed by atoms with Crippen molar-refractivity contribution >= 4 is 17.3 Å². The molecule has 0 aliphatic carbocycles. The smallest absolute Gasteiger partial charge is 0.0635 e. The van der Waals surface area contributed by atoms with Gasteiger partial charge in [0.15, 0.2) is 0 Å². The first-order valence-electron chi connectivity index (χ1n) is 2.75. The monoisotopic (exact) mass is 159 g/mol. The molecule has 2 nitrogen and oxygen atoms in total. The van der Waals surface area contributed by atoms with E-state index in [0.29, 0.717) is 10.7 Å². The third kappa shape index (κ3) is 2.71. The Morgan fingerprint density at radius 1 is 1.30 bits per heavy atom. The summed E-state index contributed by atoms with van der Waals surface area (Å²) in [7, 11) is 1.00. The van der Waals surface area contributed by atoms with Crippen LogP contribution in [0.15, 0.2) is 24.3 Å². The third-order valence-corrected chi connectivity index (χ3v) is 1.25. The Bertz CT molecular complexity index is 170. The van der Waals surface area contributed by atoms with Gasteiger partial charge in [-0.1, -0.05) is 23.7 Å². The fraction of sp³-hybridized carbons (Fsp3) is 0.143. The van der Waals surface area contributed by atoms with Gasteiger partial charge in [-0.15, -0.1) is 0 Å². The predicted octanol–water partition coefficient (Wildman–Crippen LogP) is 1.53. The molecular formula is C7H10ClNO. The summed E-state index contributed by atoms with van der Waals surface area (Å²) in [5, 5.41) is 7.62. The van der Waals surface area contributed by atoms with Gasteiger partial charge < -0.3 is 10.8 Å². The second-order valence-corrected chi connectivity index (χ2v) is 1.93. The molecule has 0 fully saturated rings. The molecule has 0 heterocycles. The predicted molar refractivity (Wildman–Crippen MR) is 44.0 cm³/mol. The first kappa shape index (κ1) is 9.27. The lowest BCUT2D eigenvalue weighted by Gasteiger charge is -1.91. The summed E-state index contributed by atoms with van der Waals surface area (Å²) in [5.41, 5.74) is 6.02. The molecule has 0 aliphatic heterocycles. The number of para-hydroxylation sites is 1. The number of aliphatic hydroxyl groups is 1. The van der Waals surface area contributed by atoms with Crippen molar-refractivity contribution in [3.63, 3.8) is 0 Å². The minimum Gasteiger partial charge on any atom is -0.400 e. The number of nitrogens with two attached hydrogens (primary N) is 1. The molecule has 0 aliphatic rings. The van der Waals surface area contributed by atoms with Gasteiger partial charge in [0.2, 0.25) is 0 Å². The topological polar surface area (TPSA) is 46.2 Å². The highest BCUT2D eigenvalue weighted by Gasteiger charge is 1.87. The molecule has 0 bridgehead atoms. The van der Waals surface area contributed by atoms with Crippen molar-refractivity contribution in [2.45, 2.75) is 0 Å². The molecule has 0 atom stereocenters. The Balaban J connectivity index is 0.000000371. The Morgan fingerprint density at radius 3 is 2.10 bits per heavy atom. The molecule has 3 N–H and O–H groups in total. The molecular weight excluding hydrogens is 150 g/mol. The Hall–Kier alpha value is -0.730. The summed E-state index contributed by atoms with van der Waals surface area (Å²) in [4.78, 5) is 0. The van der Waals surface area contributed by atoms with E-state index in [2.05, 4.69) is 0 Å². The number of benzene rings is 1. The van der Waals surface area contributed by atoms with Crippen LogP contribution in [-0.2, 0) is 0 Å². The lowest BCUT2D eigenvalue weighted by molar-refractivity contribution is 0.399. The van der Waals surface area contributed by atoms with Crippen LogP contribution < -0.4 is 5.73 Å². The zero-order valence-electron chi connectivity index (χ0n) is 5.71. The van der Waals surface area contributed by atoms with Crippen molar-refractivity contribution in [3.05, 3.63) is 29.3 Å². The van der Waals surface area contributed by atoms with Gasteiger partial charge in [0.1, 0.15) is 0 Å². The zero-order valence-corrected chi connectivity index (χ0v) is 6.47. The molecule has 1 aromatic rings. The standard InChI is InChI=1S/C6H6ClN.CH4O/c7-5-3-1-2-4-6(5)8;1-2/h1-4H,8H2;2H,1H3. The molecule has 0 unspecified atom stereocenters. The van der Waals surface area contributed by atoms with Crippen LogP contribution >= 0.6 is 11.6 Å². The Kier molecular flexibility index (Phi) is 4.72. The number of hydrogen-bond acceptors (Lipinski definition) is 2. The van der Waals surface area contributed by atoms with Gasteiger partial charge in [-0.3, -0.25) is 0 Å². The molecule has 3 heteroatoms. The van der Waals surface area contributed by atoms with Crippen LogP contribution in [0.5, 0.6) is 0 Å². The molecule has 56 valence electrons. The molecule has 0 saturated carbocycles. The Morgan fingerprint density at radius 2 is 1.80 bits per heavy atom. The third-order valence-electron chi connectivity index (χ3n) is 0.905. The van der Waals surface area contributed by atoms with Crippen molar-refractivity contribution in [2.75, 3.05) is 12.8 Å². The zero-order chi connectivity index (χ0) is 7.98. The minimum atomic E-state index is 0.618. The number of rotatable bonds is 0. The maximum atomic E-state index is 7.00. The highest BCUT2D eigenvalue weighted by molar-refractivity contribution is 6.33. The van der Waals surface area contributed by atoms with Crippen LogP contribution in [0.3, 0.4) is 0 Å². The number of nitrogen functional groups attached to an aromatic ring is 1. The van der Waals surface area contributed by atoms with Crippen molar-refractivity contribution < 1.29 is 5.11 Å². The van der Waals surface area contributed by atoms with Crippen LogP contribution in [0.4, 0.5) is 5.69 Å². The van der Waals surface area contributed by atoms with Crippen LogP contribution in [0.25, 0.3) is 0 Å². The summed E-state index contributed by atoms with van der Waals surface area (Å²) in [6.45, 7) is 0.